The number of aromatic nitrogens is 2. The Morgan fingerprint density at radius 2 is 1.91 bits per heavy atom. The fourth-order valence-electron chi connectivity index (χ4n) is 3.22. The summed E-state index contributed by atoms with van der Waals surface area (Å²) in [5.41, 5.74) is 9.79. The van der Waals surface area contributed by atoms with Gasteiger partial charge in [0.25, 0.3) is 0 Å². The molecule has 122 valence electrons. The van der Waals surface area contributed by atoms with Crippen LogP contribution in [-0.4, -0.2) is 43.2 Å². The van der Waals surface area contributed by atoms with Crippen LogP contribution in [0.25, 0.3) is 0 Å². The summed E-state index contributed by atoms with van der Waals surface area (Å²) in [5.74, 6) is 1.48. The standard InChI is InChI=1S/C18H26N5/c1-14(2)15-4-5-16(19)17(12-15)23(3)10-8-22(9-11-23)18-13-20-6-7-21-18/h4-7,12-14H,8-11,19H2,1-3H3/q+1. The first-order valence-corrected chi connectivity index (χ1v) is 8.25. The number of quaternary nitrogens is 1. The lowest BCUT2D eigenvalue weighted by Gasteiger charge is -2.42. The summed E-state index contributed by atoms with van der Waals surface area (Å²) in [7, 11) is 2.28. The van der Waals surface area contributed by atoms with E-state index in [1.165, 1.54) is 11.3 Å². The van der Waals surface area contributed by atoms with E-state index in [2.05, 4.69) is 54.0 Å². The molecule has 1 aliphatic heterocycles. The van der Waals surface area contributed by atoms with E-state index in [9.17, 15) is 0 Å². The summed E-state index contributed by atoms with van der Waals surface area (Å²) >= 11 is 0. The Hall–Kier alpha value is -2.14. The average molecular weight is 312 g/mol. The van der Waals surface area contributed by atoms with Crippen LogP contribution >= 0.6 is 0 Å². The molecule has 0 radical (unpaired) electrons. The van der Waals surface area contributed by atoms with E-state index < -0.39 is 0 Å². The van der Waals surface area contributed by atoms with Crippen LogP contribution in [0.1, 0.15) is 25.3 Å². The van der Waals surface area contributed by atoms with Gasteiger partial charge >= 0.3 is 0 Å². The molecule has 5 nitrogen and oxygen atoms in total. The van der Waals surface area contributed by atoms with Crippen LogP contribution < -0.4 is 15.1 Å². The highest BCUT2D eigenvalue weighted by atomic mass is 15.4. The van der Waals surface area contributed by atoms with Gasteiger partial charge in [0, 0.05) is 18.5 Å². The van der Waals surface area contributed by atoms with Crippen LogP contribution in [0.4, 0.5) is 17.2 Å². The zero-order valence-corrected chi connectivity index (χ0v) is 14.2. The van der Waals surface area contributed by atoms with Crippen molar-refractivity contribution >= 4 is 17.2 Å². The summed E-state index contributed by atoms with van der Waals surface area (Å²) in [6, 6.07) is 6.49. The molecule has 2 aromatic rings. The average Bonchev–Trinajstić information content (AvgIpc) is 2.56. The second-order valence-electron chi connectivity index (χ2n) is 6.87. The van der Waals surface area contributed by atoms with E-state index in [0.717, 1.165) is 42.2 Å². The first-order valence-electron chi connectivity index (χ1n) is 8.25. The van der Waals surface area contributed by atoms with Crippen molar-refractivity contribution < 1.29 is 0 Å². The number of nitrogens with zero attached hydrogens (tertiary/aromatic N) is 4. The van der Waals surface area contributed by atoms with Crippen molar-refractivity contribution in [1.82, 2.24) is 14.5 Å². The van der Waals surface area contributed by atoms with Gasteiger partial charge < -0.3 is 10.6 Å². The molecular formula is C18H26N5+. The molecule has 1 fully saturated rings. The molecule has 0 amide bonds. The Morgan fingerprint density at radius 3 is 2.52 bits per heavy atom. The first kappa shape index (κ1) is 15.7. The molecule has 3 rings (SSSR count). The minimum absolute atomic E-state index is 0.516. The van der Waals surface area contributed by atoms with Gasteiger partial charge in [-0.05, 0) is 17.5 Å². The van der Waals surface area contributed by atoms with Crippen LogP contribution in [0.15, 0.2) is 36.8 Å². The third-order valence-electron chi connectivity index (χ3n) is 4.90. The van der Waals surface area contributed by atoms with Crippen molar-refractivity contribution in [3.05, 3.63) is 42.4 Å². The monoisotopic (exact) mass is 312 g/mol. The Morgan fingerprint density at radius 1 is 1.17 bits per heavy atom. The molecule has 0 spiro atoms. The molecule has 2 heterocycles. The second-order valence-corrected chi connectivity index (χ2v) is 6.87. The lowest BCUT2D eigenvalue weighted by atomic mass is 10.0. The summed E-state index contributed by atoms with van der Waals surface area (Å²) in [5, 5.41) is 0. The van der Waals surface area contributed by atoms with Crippen molar-refractivity contribution in [1.29, 1.82) is 0 Å². The molecule has 0 bridgehead atoms. The van der Waals surface area contributed by atoms with E-state index in [1.807, 2.05) is 6.20 Å². The number of hydrogen-bond donors (Lipinski definition) is 1. The van der Waals surface area contributed by atoms with Gasteiger partial charge in [0.2, 0.25) is 0 Å². The van der Waals surface area contributed by atoms with Crippen LogP contribution in [0.2, 0.25) is 0 Å². The predicted octanol–water partition coefficient (Wildman–Crippen LogP) is 2.64. The minimum Gasteiger partial charge on any atom is -0.394 e. The van der Waals surface area contributed by atoms with Crippen LogP contribution in [0, 0.1) is 0 Å². The van der Waals surface area contributed by atoms with E-state index in [0.29, 0.717) is 5.92 Å². The van der Waals surface area contributed by atoms with Gasteiger partial charge in [-0.1, -0.05) is 19.9 Å². The zero-order chi connectivity index (χ0) is 16.4. The third kappa shape index (κ3) is 3.15. The van der Waals surface area contributed by atoms with Crippen molar-refractivity contribution in [2.24, 2.45) is 0 Å². The largest absolute Gasteiger partial charge is 0.394 e. The molecule has 2 N–H and O–H groups in total. The van der Waals surface area contributed by atoms with Gasteiger partial charge in [-0.3, -0.25) is 9.47 Å². The number of likely N-dealkylation sites (N-methyl/N-ethyl adjacent to an activating group) is 1. The fraction of sp³-hybridized carbons (Fsp3) is 0.444. The van der Waals surface area contributed by atoms with E-state index >= 15 is 0 Å². The molecule has 0 unspecified atom stereocenters. The predicted molar refractivity (Wildman–Crippen MR) is 96.6 cm³/mol. The lowest BCUT2D eigenvalue weighted by molar-refractivity contribution is 0.308. The lowest BCUT2D eigenvalue weighted by Crippen LogP contribution is -2.58. The van der Waals surface area contributed by atoms with E-state index in [-0.39, 0.29) is 0 Å². The van der Waals surface area contributed by atoms with E-state index in [4.69, 9.17) is 5.73 Å². The van der Waals surface area contributed by atoms with Crippen LogP contribution in [0.5, 0.6) is 0 Å². The van der Waals surface area contributed by atoms with Crippen molar-refractivity contribution in [3.8, 4) is 0 Å². The summed E-state index contributed by atoms with van der Waals surface area (Å²) in [4.78, 5) is 10.9. The minimum atomic E-state index is 0.516. The Balaban J connectivity index is 1.81. The molecule has 5 heteroatoms. The SMILES string of the molecule is CC(C)c1ccc(N)c([N+]2(C)CCN(c3cnccn3)CC2)c1. The van der Waals surface area contributed by atoms with Crippen LogP contribution in [-0.2, 0) is 0 Å². The molecule has 23 heavy (non-hydrogen) atoms. The molecule has 0 aliphatic carbocycles. The maximum atomic E-state index is 6.30. The smallest absolute Gasteiger partial charge is 0.156 e. The van der Waals surface area contributed by atoms with Crippen molar-refractivity contribution in [2.45, 2.75) is 19.8 Å². The number of anilines is 2. The van der Waals surface area contributed by atoms with E-state index in [1.54, 1.807) is 12.4 Å². The molecule has 1 saturated heterocycles. The normalized spacial score (nSPS) is 17.5. The molecule has 0 atom stereocenters. The van der Waals surface area contributed by atoms with Crippen molar-refractivity contribution in [2.75, 3.05) is 43.9 Å². The second kappa shape index (κ2) is 6.16. The molecule has 1 aliphatic rings. The van der Waals surface area contributed by atoms with Gasteiger partial charge in [-0.25, -0.2) is 4.98 Å². The topological polar surface area (TPSA) is 55.0 Å². The van der Waals surface area contributed by atoms with Crippen molar-refractivity contribution in [3.63, 3.8) is 0 Å². The van der Waals surface area contributed by atoms with Gasteiger partial charge in [0.05, 0.1) is 32.0 Å². The summed E-state index contributed by atoms with van der Waals surface area (Å²) in [6.07, 6.45) is 5.30. The highest BCUT2D eigenvalue weighted by molar-refractivity contribution is 5.67. The highest BCUT2D eigenvalue weighted by Gasteiger charge is 2.33. The number of benzene rings is 1. The number of hydrogen-bond acceptors (Lipinski definition) is 4. The third-order valence-corrected chi connectivity index (χ3v) is 4.90. The number of rotatable bonds is 3. The molecular weight excluding hydrogens is 286 g/mol. The fourth-order valence-corrected chi connectivity index (χ4v) is 3.22. The Labute approximate surface area is 138 Å². The number of nitrogen functional groups attached to an aromatic ring is 1. The molecule has 0 saturated carbocycles. The number of piperazine rings is 1. The quantitative estimate of drug-likeness (QED) is 0.699. The highest BCUT2D eigenvalue weighted by Crippen LogP contribution is 2.33. The van der Waals surface area contributed by atoms with Gasteiger partial charge in [-0.2, -0.15) is 0 Å². The molecule has 1 aromatic carbocycles. The Kier molecular flexibility index (Phi) is 4.22. The maximum absolute atomic E-state index is 6.30. The van der Waals surface area contributed by atoms with Gasteiger partial charge in [0.15, 0.2) is 5.69 Å². The van der Waals surface area contributed by atoms with Gasteiger partial charge in [0.1, 0.15) is 18.9 Å². The zero-order valence-electron chi connectivity index (χ0n) is 14.2. The number of nitrogens with two attached hydrogens (primary N) is 1. The Bertz CT molecular complexity index is 660. The maximum Gasteiger partial charge on any atom is 0.156 e. The van der Waals surface area contributed by atoms with Gasteiger partial charge in [-0.15, -0.1) is 0 Å². The first-order chi connectivity index (χ1) is 11.0. The summed E-state index contributed by atoms with van der Waals surface area (Å²) < 4.78 is 0.878. The van der Waals surface area contributed by atoms with Crippen LogP contribution in [0.3, 0.4) is 0 Å². The molecule has 1 aromatic heterocycles. The summed E-state index contributed by atoms with van der Waals surface area (Å²) in [6.45, 7) is 8.40.